The number of Topliss-reactive ketones (excluding diaryl/α,β-unsaturated/α-hetero) is 1. The summed E-state index contributed by atoms with van der Waals surface area (Å²) in [4.78, 5) is 59.6. The molecule has 1 saturated heterocycles. The molecule has 1 heterocycles. The number of ketones is 2. The van der Waals surface area contributed by atoms with E-state index in [-0.39, 0.29) is 74.8 Å². The molecule has 0 aromatic carbocycles. The smallest absolute Gasteiger partial charge is 0.410 e. The molecular formula is C43H62N2O6. The van der Waals surface area contributed by atoms with Crippen LogP contribution >= 0.6 is 0 Å². The predicted octanol–water partition coefficient (Wildman–Crippen LogP) is 9.28. The summed E-state index contributed by atoms with van der Waals surface area (Å²) in [6.07, 6.45) is 12.4. The van der Waals surface area contributed by atoms with E-state index in [0.717, 1.165) is 56.9 Å². The fraction of sp³-hybridized carbons (Fsp3) is 0.791. The molecule has 0 bridgehead atoms. The van der Waals surface area contributed by atoms with Crippen LogP contribution < -0.4 is 0 Å². The Balaban J connectivity index is 1.23. The van der Waals surface area contributed by atoms with Crippen LogP contribution in [0.15, 0.2) is 23.4 Å². The molecule has 4 fully saturated rings. The Morgan fingerprint density at radius 1 is 0.941 bits per heavy atom. The fourth-order valence-electron chi connectivity index (χ4n) is 12.2. The molecule has 0 N–H and O–H groups in total. The summed E-state index contributed by atoms with van der Waals surface area (Å²) >= 11 is 0. The van der Waals surface area contributed by atoms with Crippen LogP contribution in [-0.2, 0) is 23.9 Å². The molecule has 0 radical (unpaired) electrons. The molecule has 6 rings (SSSR count). The number of ether oxygens (including phenoxy) is 2. The van der Waals surface area contributed by atoms with Crippen LogP contribution in [0.5, 0.6) is 0 Å². The number of fused-ring (bicyclic) bond motifs is 7. The van der Waals surface area contributed by atoms with E-state index in [2.05, 4.69) is 39.5 Å². The van der Waals surface area contributed by atoms with Crippen molar-refractivity contribution in [3.8, 4) is 0 Å². The lowest BCUT2D eigenvalue weighted by atomic mass is 9.34. The number of piperidine rings is 1. The topological polar surface area (TPSA) is 94.3 Å². The molecule has 0 unspecified atom stereocenters. The Kier molecular flexibility index (Phi) is 9.12. The zero-order chi connectivity index (χ0) is 37.6. The van der Waals surface area contributed by atoms with Crippen LogP contribution in [0.25, 0.3) is 4.85 Å². The van der Waals surface area contributed by atoms with Crippen molar-refractivity contribution in [1.82, 2.24) is 4.90 Å². The summed E-state index contributed by atoms with van der Waals surface area (Å²) in [5, 5.41) is 0. The Labute approximate surface area is 306 Å². The van der Waals surface area contributed by atoms with Gasteiger partial charge in [0, 0.05) is 49.1 Å². The number of hydrogen-bond acceptors (Lipinski definition) is 6. The number of hydrogen-bond donors (Lipinski definition) is 0. The first kappa shape index (κ1) is 37.8. The van der Waals surface area contributed by atoms with Gasteiger partial charge in [-0.3, -0.25) is 9.59 Å². The molecule has 8 nitrogen and oxygen atoms in total. The van der Waals surface area contributed by atoms with Crippen LogP contribution in [0.1, 0.15) is 140 Å². The van der Waals surface area contributed by atoms with Crippen LogP contribution in [0, 0.1) is 56.8 Å². The first-order valence-electron chi connectivity index (χ1n) is 19.6. The van der Waals surface area contributed by atoms with Crippen molar-refractivity contribution in [2.24, 2.45) is 50.2 Å². The highest BCUT2D eigenvalue weighted by Crippen LogP contribution is 2.75. The second-order valence-electron chi connectivity index (χ2n) is 20.2. The van der Waals surface area contributed by atoms with Gasteiger partial charge < -0.3 is 19.2 Å². The second-order valence-corrected chi connectivity index (χ2v) is 20.2. The van der Waals surface area contributed by atoms with E-state index in [1.165, 1.54) is 0 Å². The third kappa shape index (κ3) is 6.11. The van der Waals surface area contributed by atoms with Gasteiger partial charge in [-0.05, 0) is 112 Å². The van der Waals surface area contributed by atoms with E-state index >= 15 is 0 Å². The molecule has 51 heavy (non-hydrogen) atoms. The van der Waals surface area contributed by atoms with E-state index in [0.29, 0.717) is 32.4 Å². The summed E-state index contributed by atoms with van der Waals surface area (Å²) in [6, 6.07) is 0. The molecule has 0 aromatic rings. The number of likely N-dealkylation sites (tertiary alicyclic amines) is 1. The third-order valence-corrected chi connectivity index (χ3v) is 15.2. The van der Waals surface area contributed by atoms with Gasteiger partial charge in [-0.25, -0.2) is 9.64 Å². The van der Waals surface area contributed by atoms with E-state index in [9.17, 15) is 19.2 Å². The molecule has 0 aromatic heterocycles. The zero-order valence-corrected chi connectivity index (χ0v) is 33.0. The molecule has 3 saturated carbocycles. The largest absolute Gasteiger partial charge is 0.462 e. The van der Waals surface area contributed by atoms with Gasteiger partial charge >= 0.3 is 12.1 Å². The summed E-state index contributed by atoms with van der Waals surface area (Å²) in [5.74, 6) is -0.00410. The van der Waals surface area contributed by atoms with Crippen molar-refractivity contribution >= 4 is 23.6 Å². The highest BCUT2D eigenvalue weighted by molar-refractivity contribution is 6.03. The summed E-state index contributed by atoms with van der Waals surface area (Å²) < 4.78 is 11.5. The summed E-state index contributed by atoms with van der Waals surface area (Å²) in [5.41, 5.74) is -0.957. The van der Waals surface area contributed by atoms with Crippen molar-refractivity contribution in [3.05, 3.63) is 34.8 Å². The van der Waals surface area contributed by atoms with Gasteiger partial charge in [-0.15, -0.1) is 0 Å². The van der Waals surface area contributed by atoms with Gasteiger partial charge in [0.25, 0.3) is 0 Å². The molecule has 8 heteroatoms. The minimum Gasteiger partial charge on any atom is -0.462 e. The minimum atomic E-state index is -0.675. The maximum atomic E-state index is 14.8. The lowest BCUT2D eigenvalue weighted by molar-refractivity contribution is -0.174. The van der Waals surface area contributed by atoms with Crippen molar-refractivity contribution < 1.29 is 28.7 Å². The molecule has 280 valence electrons. The van der Waals surface area contributed by atoms with Crippen molar-refractivity contribution in [3.63, 3.8) is 0 Å². The van der Waals surface area contributed by atoms with Crippen molar-refractivity contribution in [2.45, 2.75) is 152 Å². The molecule has 7 atom stereocenters. The Morgan fingerprint density at radius 3 is 2.22 bits per heavy atom. The quantitative estimate of drug-likeness (QED) is 0.214. The molecule has 1 amide bonds. The average molecular weight is 703 g/mol. The van der Waals surface area contributed by atoms with E-state index in [1.807, 2.05) is 46.8 Å². The zero-order valence-electron chi connectivity index (χ0n) is 33.0. The second kappa shape index (κ2) is 12.3. The lowest BCUT2D eigenvalue weighted by Crippen LogP contribution is -2.64. The molecule has 5 aliphatic carbocycles. The van der Waals surface area contributed by atoms with Crippen LogP contribution in [-0.4, -0.2) is 53.3 Å². The van der Waals surface area contributed by atoms with Gasteiger partial charge in [0.2, 0.25) is 5.70 Å². The number of nitrogens with zero attached hydrogens (tertiary/aromatic N) is 2. The normalized spacial score (nSPS) is 38.8. The Hall–Kier alpha value is -2.95. The first-order valence-corrected chi connectivity index (χ1v) is 19.6. The SMILES string of the molecule is [C-]#[N+]C1=C[C@]2(C)C3=CC(=O)[C@@H]4[C@@H]5CC(C)(C)CC[C@]5(CCC(=O)OC5CCN(C(=O)OC(C)(C)C)CC5)CC[C@@]4(C)[C@]3(C)CC[C@H]2C(C)(C)C1=O. The van der Waals surface area contributed by atoms with Gasteiger partial charge in [0.05, 0.1) is 6.57 Å². The number of amides is 1. The maximum Gasteiger partial charge on any atom is 0.410 e. The number of rotatable bonds is 4. The average Bonchev–Trinajstić information content (AvgIpc) is 3.02. The first-order chi connectivity index (χ1) is 23.5. The number of allylic oxidation sites excluding steroid dienone is 4. The molecular weight excluding hydrogens is 640 g/mol. The number of carbonyl (C=O) groups is 4. The van der Waals surface area contributed by atoms with E-state index in [1.54, 1.807) is 4.90 Å². The van der Waals surface area contributed by atoms with Crippen LogP contribution in [0.4, 0.5) is 4.79 Å². The van der Waals surface area contributed by atoms with Gasteiger partial charge in [-0.2, -0.15) is 0 Å². The highest BCUT2D eigenvalue weighted by atomic mass is 16.6. The molecule has 1 aliphatic heterocycles. The molecule has 6 aliphatic rings. The summed E-state index contributed by atoms with van der Waals surface area (Å²) in [6.45, 7) is 30.0. The van der Waals surface area contributed by atoms with Crippen LogP contribution in [0.2, 0.25) is 0 Å². The summed E-state index contributed by atoms with van der Waals surface area (Å²) in [7, 11) is 0. The minimum absolute atomic E-state index is 0.0298. The Morgan fingerprint density at radius 2 is 1.59 bits per heavy atom. The Bertz CT molecular complexity index is 1600. The van der Waals surface area contributed by atoms with E-state index < -0.39 is 16.4 Å². The van der Waals surface area contributed by atoms with Crippen LogP contribution in [0.3, 0.4) is 0 Å². The van der Waals surface area contributed by atoms with E-state index in [4.69, 9.17) is 16.0 Å². The van der Waals surface area contributed by atoms with Crippen molar-refractivity contribution in [1.29, 1.82) is 0 Å². The van der Waals surface area contributed by atoms with Gasteiger partial charge in [-0.1, -0.05) is 60.1 Å². The highest BCUT2D eigenvalue weighted by Gasteiger charge is 2.69. The molecule has 0 spiro atoms. The standard InChI is InChI=1S/C43H62N2O6/c1-37(2,3)51-36(49)45-22-14-27(15-23-45)50-33(47)13-17-43-20-18-38(4,5)25-28(43)34-30(46)24-32-40(8)26-29(44-11)35(48)39(6,7)31(40)12-16-41(32,9)42(34,10)19-21-43/h24,26-28,31,34H,12-23,25H2,1-10H3/t28-,31-,34-,40-,41+,42+,43+/m0/s1. The van der Waals surface area contributed by atoms with Crippen molar-refractivity contribution in [2.75, 3.05) is 13.1 Å². The van der Waals surface area contributed by atoms with Gasteiger partial charge in [0.1, 0.15) is 11.7 Å². The third-order valence-electron chi connectivity index (χ3n) is 15.2. The fourth-order valence-corrected chi connectivity index (χ4v) is 12.2. The number of carbonyl (C=O) groups excluding carboxylic acids is 4. The van der Waals surface area contributed by atoms with Gasteiger partial charge in [0.15, 0.2) is 11.6 Å². The monoisotopic (exact) mass is 702 g/mol. The predicted molar refractivity (Wildman–Crippen MR) is 196 cm³/mol. The maximum absolute atomic E-state index is 14.8. The lowest BCUT2D eigenvalue weighted by Gasteiger charge is -2.69. The number of esters is 1.